The molecule has 0 saturated heterocycles. The lowest BCUT2D eigenvalue weighted by Crippen LogP contribution is -2.04. The summed E-state index contributed by atoms with van der Waals surface area (Å²) in [7, 11) is 0. The fourth-order valence-electron chi connectivity index (χ4n) is 2.19. The Morgan fingerprint density at radius 3 is 2.62 bits per heavy atom. The third kappa shape index (κ3) is 2.25. The molecule has 0 bridgehead atoms. The number of carboxylic acid groups (broad SMARTS) is 1. The van der Waals surface area contributed by atoms with E-state index >= 15 is 0 Å². The van der Waals surface area contributed by atoms with Crippen molar-refractivity contribution in [1.29, 1.82) is 0 Å². The zero-order valence-corrected chi connectivity index (χ0v) is 10.9. The topological polar surface area (TPSA) is 93.5 Å². The van der Waals surface area contributed by atoms with E-state index in [2.05, 4.69) is 0 Å². The van der Waals surface area contributed by atoms with Crippen molar-refractivity contribution in [2.24, 2.45) is 0 Å². The van der Waals surface area contributed by atoms with Gasteiger partial charge in [0.1, 0.15) is 11.3 Å². The van der Waals surface area contributed by atoms with Crippen LogP contribution >= 0.6 is 0 Å². The van der Waals surface area contributed by atoms with Crippen molar-refractivity contribution in [3.05, 3.63) is 64.3 Å². The molecule has 0 aliphatic rings. The third-order valence-corrected chi connectivity index (χ3v) is 3.17. The highest BCUT2D eigenvalue weighted by molar-refractivity contribution is 5.95. The minimum absolute atomic E-state index is 0.0791. The summed E-state index contributed by atoms with van der Waals surface area (Å²) in [6.45, 7) is 0. The first kappa shape index (κ1) is 12.9. The van der Waals surface area contributed by atoms with Crippen molar-refractivity contribution in [1.82, 2.24) is 0 Å². The minimum atomic E-state index is -1.08. The van der Waals surface area contributed by atoms with E-state index in [0.29, 0.717) is 22.2 Å². The fourth-order valence-corrected chi connectivity index (χ4v) is 2.19. The Labute approximate surface area is 119 Å². The summed E-state index contributed by atoms with van der Waals surface area (Å²) in [4.78, 5) is 23.4. The molecule has 0 aliphatic carbocycles. The van der Waals surface area contributed by atoms with Crippen LogP contribution in [0.5, 0.6) is 0 Å². The molecular formula is C16H11NO4. The fraction of sp³-hybridized carbons (Fsp3) is 0. The molecule has 0 aliphatic heterocycles. The van der Waals surface area contributed by atoms with Crippen molar-refractivity contribution >= 4 is 22.6 Å². The molecule has 0 saturated carbocycles. The first-order valence-electron chi connectivity index (χ1n) is 6.22. The van der Waals surface area contributed by atoms with Gasteiger partial charge in [0.15, 0.2) is 5.43 Å². The van der Waals surface area contributed by atoms with Crippen molar-refractivity contribution < 1.29 is 14.3 Å². The van der Waals surface area contributed by atoms with Crippen LogP contribution in [0.25, 0.3) is 22.3 Å². The van der Waals surface area contributed by atoms with E-state index in [1.807, 2.05) is 0 Å². The lowest BCUT2D eigenvalue weighted by Gasteiger charge is -2.06. The Bertz CT molecular complexity index is 912. The van der Waals surface area contributed by atoms with Crippen molar-refractivity contribution in [3.8, 4) is 11.3 Å². The van der Waals surface area contributed by atoms with Gasteiger partial charge in [0.05, 0.1) is 10.9 Å². The summed E-state index contributed by atoms with van der Waals surface area (Å²) < 4.78 is 5.66. The van der Waals surface area contributed by atoms with E-state index in [-0.39, 0.29) is 16.8 Å². The molecule has 5 heteroatoms. The van der Waals surface area contributed by atoms with E-state index in [1.165, 1.54) is 18.2 Å². The summed E-state index contributed by atoms with van der Waals surface area (Å²) >= 11 is 0. The van der Waals surface area contributed by atoms with E-state index in [1.54, 1.807) is 30.3 Å². The first-order valence-corrected chi connectivity index (χ1v) is 6.22. The number of anilines is 1. The van der Waals surface area contributed by atoms with Crippen LogP contribution in [-0.2, 0) is 0 Å². The monoisotopic (exact) mass is 281 g/mol. The predicted molar refractivity (Wildman–Crippen MR) is 79.3 cm³/mol. The molecule has 1 aromatic heterocycles. The van der Waals surface area contributed by atoms with Crippen LogP contribution in [0.2, 0.25) is 0 Å². The summed E-state index contributed by atoms with van der Waals surface area (Å²) in [5.41, 5.74) is 6.66. The lowest BCUT2D eigenvalue weighted by atomic mass is 10.0. The van der Waals surface area contributed by atoms with Gasteiger partial charge in [-0.3, -0.25) is 4.79 Å². The van der Waals surface area contributed by atoms with Gasteiger partial charge in [0.25, 0.3) is 0 Å². The zero-order chi connectivity index (χ0) is 15.0. The normalized spacial score (nSPS) is 10.7. The third-order valence-electron chi connectivity index (χ3n) is 3.17. The maximum absolute atomic E-state index is 12.1. The average molecular weight is 281 g/mol. The van der Waals surface area contributed by atoms with Gasteiger partial charge in [-0.1, -0.05) is 18.2 Å². The van der Waals surface area contributed by atoms with Crippen LogP contribution in [0.3, 0.4) is 0 Å². The number of hydrogen-bond acceptors (Lipinski definition) is 4. The number of nitrogen functional groups attached to an aromatic ring is 1. The number of nitrogens with two attached hydrogens (primary N) is 1. The summed E-state index contributed by atoms with van der Waals surface area (Å²) in [5.74, 6) is -0.860. The average Bonchev–Trinajstić information content (AvgIpc) is 2.47. The van der Waals surface area contributed by atoms with Crippen LogP contribution in [-0.4, -0.2) is 11.1 Å². The van der Waals surface area contributed by atoms with Gasteiger partial charge < -0.3 is 15.3 Å². The standard InChI is InChI=1S/C16H11NO4/c17-9-5-6-14-12(7-9)13(18)8-15(21-14)10-3-1-2-4-11(10)16(19)20/h1-8H,17H2,(H,19,20). The van der Waals surface area contributed by atoms with Gasteiger partial charge in [-0.15, -0.1) is 0 Å². The Balaban J connectivity index is 2.30. The number of carbonyl (C=O) groups is 1. The molecule has 0 amide bonds. The van der Waals surface area contributed by atoms with Crippen molar-refractivity contribution in [2.75, 3.05) is 5.73 Å². The number of carboxylic acids is 1. The maximum Gasteiger partial charge on any atom is 0.336 e. The minimum Gasteiger partial charge on any atom is -0.478 e. The smallest absolute Gasteiger partial charge is 0.336 e. The van der Waals surface area contributed by atoms with Gasteiger partial charge >= 0.3 is 5.97 Å². The lowest BCUT2D eigenvalue weighted by molar-refractivity contribution is 0.0697. The van der Waals surface area contributed by atoms with Crippen LogP contribution in [0.1, 0.15) is 10.4 Å². The van der Waals surface area contributed by atoms with E-state index in [9.17, 15) is 14.7 Å². The van der Waals surface area contributed by atoms with Gasteiger partial charge in [-0.2, -0.15) is 0 Å². The molecule has 2 aromatic carbocycles. The maximum atomic E-state index is 12.1. The largest absolute Gasteiger partial charge is 0.478 e. The molecule has 5 nitrogen and oxygen atoms in total. The Morgan fingerprint density at radius 2 is 1.86 bits per heavy atom. The van der Waals surface area contributed by atoms with Crippen LogP contribution in [0.15, 0.2) is 57.7 Å². The van der Waals surface area contributed by atoms with Crippen molar-refractivity contribution in [3.63, 3.8) is 0 Å². The Kier molecular flexibility index (Phi) is 2.95. The van der Waals surface area contributed by atoms with Gasteiger partial charge in [0, 0.05) is 17.3 Å². The molecule has 3 rings (SSSR count). The van der Waals surface area contributed by atoms with E-state index < -0.39 is 5.97 Å². The molecule has 3 N–H and O–H groups in total. The Morgan fingerprint density at radius 1 is 1.10 bits per heavy atom. The second-order valence-electron chi connectivity index (χ2n) is 4.58. The molecule has 0 atom stereocenters. The van der Waals surface area contributed by atoms with Crippen LogP contribution in [0.4, 0.5) is 5.69 Å². The molecule has 0 unspecified atom stereocenters. The van der Waals surface area contributed by atoms with Gasteiger partial charge in [0.2, 0.25) is 0 Å². The zero-order valence-electron chi connectivity index (χ0n) is 10.9. The number of rotatable bonds is 2. The van der Waals surface area contributed by atoms with Gasteiger partial charge in [-0.25, -0.2) is 4.79 Å². The molecule has 0 spiro atoms. The van der Waals surface area contributed by atoms with E-state index in [4.69, 9.17) is 10.2 Å². The highest BCUT2D eigenvalue weighted by Gasteiger charge is 2.14. The molecule has 1 heterocycles. The van der Waals surface area contributed by atoms with E-state index in [0.717, 1.165) is 0 Å². The molecule has 3 aromatic rings. The molecule has 0 radical (unpaired) electrons. The van der Waals surface area contributed by atoms with Crippen LogP contribution in [0, 0.1) is 0 Å². The number of hydrogen-bond donors (Lipinski definition) is 2. The number of benzene rings is 2. The summed E-state index contributed by atoms with van der Waals surface area (Å²) in [6.07, 6.45) is 0. The molecule has 0 fully saturated rings. The summed E-state index contributed by atoms with van der Waals surface area (Å²) in [6, 6.07) is 12.4. The second-order valence-corrected chi connectivity index (χ2v) is 4.58. The highest BCUT2D eigenvalue weighted by Crippen LogP contribution is 2.26. The first-order chi connectivity index (χ1) is 10.1. The predicted octanol–water partition coefficient (Wildman–Crippen LogP) is 2.74. The van der Waals surface area contributed by atoms with Crippen LogP contribution < -0.4 is 11.2 Å². The SMILES string of the molecule is Nc1ccc2oc(-c3ccccc3C(=O)O)cc(=O)c2c1. The molecule has 104 valence electrons. The summed E-state index contributed by atoms with van der Waals surface area (Å²) in [5, 5.41) is 9.58. The number of aromatic carboxylic acids is 1. The highest BCUT2D eigenvalue weighted by atomic mass is 16.4. The molecular weight excluding hydrogens is 270 g/mol. The van der Waals surface area contributed by atoms with Crippen molar-refractivity contribution in [2.45, 2.75) is 0 Å². The quantitative estimate of drug-likeness (QED) is 0.704. The Hall–Kier alpha value is -3.08. The van der Waals surface area contributed by atoms with Gasteiger partial charge in [-0.05, 0) is 24.3 Å². The second kappa shape index (κ2) is 4.79. The molecule has 21 heavy (non-hydrogen) atoms. The number of fused-ring (bicyclic) bond motifs is 1.